The average Bonchev–Trinajstić information content (AvgIpc) is 2.87. The minimum absolute atomic E-state index is 0.102. The van der Waals surface area contributed by atoms with Crippen LogP contribution in [0.3, 0.4) is 0 Å². The third-order valence-electron chi connectivity index (χ3n) is 3.05. The summed E-state index contributed by atoms with van der Waals surface area (Å²) < 4.78 is 0. The predicted octanol–water partition coefficient (Wildman–Crippen LogP) is 1.47. The molecule has 82 valence electrons. The quantitative estimate of drug-likeness (QED) is 0.819. The molecule has 5 heteroatoms. The summed E-state index contributed by atoms with van der Waals surface area (Å²) in [6, 6.07) is 0. The minimum Gasteiger partial charge on any atom is -0.316 e. The fourth-order valence-corrected chi connectivity index (χ4v) is 2.44. The minimum atomic E-state index is -0.230. The van der Waals surface area contributed by atoms with Crippen LogP contribution in [0, 0.1) is 5.41 Å². The van der Waals surface area contributed by atoms with Crippen LogP contribution in [-0.2, 0) is 4.79 Å². The van der Waals surface area contributed by atoms with Crippen molar-refractivity contribution in [2.75, 3.05) is 18.4 Å². The SMILES string of the molecule is CCC1(C(=O)Nc2nccs2)CCNC1. The van der Waals surface area contributed by atoms with E-state index in [4.69, 9.17) is 0 Å². The van der Waals surface area contributed by atoms with Crippen LogP contribution in [0.4, 0.5) is 5.13 Å². The highest BCUT2D eigenvalue weighted by molar-refractivity contribution is 7.13. The van der Waals surface area contributed by atoms with E-state index in [1.807, 2.05) is 5.38 Å². The summed E-state index contributed by atoms with van der Waals surface area (Å²) in [6.45, 7) is 3.77. The van der Waals surface area contributed by atoms with Gasteiger partial charge in [-0.3, -0.25) is 4.79 Å². The average molecular weight is 225 g/mol. The summed E-state index contributed by atoms with van der Waals surface area (Å²) in [6.07, 6.45) is 3.49. The molecule has 1 saturated heterocycles. The van der Waals surface area contributed by atoms with Gasteiger partial charge in [0.15, 0.2) is 5.13 Å². The van der Waals surface area contributed by atoms with Crippen molar-refractivity contribution in [2.45, 2.75) is 19.8 Å². The lowest BCUT2D eigenvalue weighted by atomic mass is 9.83. The molecule has 0 aromatic carbocycles. The van der Waals surface area contributed by atoms with Crippen LogP contribution in [0.15, 0.2) is 11.6 Å². The van der Waals surface area contributed by atoms with Gasteiger partial charge >= 0.3 is 0 Å². The zero-order valence-corrected chi connectivity index (χ0v) is 9.56. The Hall–Kier alpha value is -0.940. The first-order valence-corrected chi connectivity index (χ1v) is 6.06. The van der Waals surface area contributed by atoms with Crippen molar-refractivity contribution in [3.8, 4) is 0 Å². The van der Waals surface area contributed by atoms with E-state index in [1.165, 1.54) is 11.3 Å². The van der Waals surface area contributed by atoms with Gasteiger partial charge in [0.1, 0.15) is 0 Å². The molecule has 4 nitrogen and oxygen atoms in total. The van der Waals surface area contributed by atoms with Gasteiger partial charge in [-0.05, 0) is 19.4 Å². The fourth-order valence-electron chi connectivity index (χ4n) is 1.91. The van der Waals surface area contributed by atoms with Crippen LogP contribution in [0.25, 0.3) is 0 Å². The van der Waals surface area contributed by atoms with Gasteiger partial charge in [-0.2, -0.15) is 0 Å². The van der Waals surface area contributed by atoms with Crippen LogP contribution < -0.4 is 10.6 Å². The van der Waals surface area contributed by atoms with Crippen LogP contribution >= 0.6 is 11.3 Å². The Kier molecular flexibility index (Phi) is 3.02. The maximum atomic E-state index is 12.1. The number of carbonyl (C=O) groups excluding carboxylic acids is 1. The van der Waals surface area contributed by atoms with Crippen molar-refractivity contribution in [1.29, 1.82) is 0 Å². The summed E-state index contributed by atoms with van der Waals surface area (Å²) in [5.74, 6) is 0.102. The normalized spacial score (nSPS) is 25.4. The lowest BCUT2D eigenvalue weighted by molar-refractivity contribution is -0.124. The predicted molar refractivity (Wildman–Crippen MR) is 61.0 cm³/mol. The highest BCUT2D eigenvalue weighted by atomic mass is 32.1. The van der Waals surface area contributed by atoms with Gasteiger partial charge in [0.05, 0.1) is 5.41 Å². The number of anilines is 1. The Balaban J connectivity index is 2.06. The second kappa shape index (κ2) is 4.28. The molecule has 1 aromatic rings. The number of carbonyl (C=O) groups is 1. The number of aromatic nitrogens is 1. The number of thiazole rings is 1. The molecule has 1 aliphatic rings. The monoisotopic (exact) mass is 225 g/mol. The molecule has 1 aliphatic heterocycles. The third-order valence-corrected chi connectivity index (χ3v) is 3.74. The van der Waals surface area contributed by atoms with Crippen LogP contribution in [-0.4, -0.2) is 24.0 Å². The number of amides is 1. The molecule has 2 heterocycles. The van der Waals surface area contributed by atoms with Gasteiger partial charge in [0, 0.05) is 18.1 Å². The first-order chi connectivity index (χ1) is 7.27. The molecule has 1 fully saturated rings. The second-order valence-electron chi connectivity index (χ2n) is 3.85. The van der Waals surface area contributed by atoms with Crippen molar-refractivity contribution in [1.82, 2.24) is 10.3 Å². The Morgan fingerprint density at radius 1 is 1.80 bits per heavy atom. The number of nitrogens with one attached hydrogen (secondary N) is 2. The van der Waals surface area contributed by atoms with Crippen LogP contribution in [0.1, 0.15) is 19.8 Å². The van der Waals surface area contributed by atoms with Gasteiger partial charge in [-0.25, -0.2) is 4.98 Å². The van der Waals surface area contributed by atoms with E-state index in [0.717, 1.165) is 25.9 Å². The van der Waals surface area contributed by atoms with Gasteiger partial charge in [0.2, 0.25) is 5.91 Å². The van der Waals surface area contributed by atoms with E-state index in [1.54, 1.807) is 6.20 Å². The zero-order chi connectivity index (χ0) is 10.7. The number of rotatable bonds is 3. The van der Waals surface area contributed by atoms with E-state index in [9.17, 15) is 4.79 Å². The summed E-state index contributed by atoms with van der Waals surface area (Å²) in [5.41, 5.74) is -0.230. The smallest absolute Gasteiger partial charge is 0.233 e. The molecular weight excluding hydrogens is 210 g/mol. The second-order valence-corrected chi connectivity index (χ2v) is 4.75. The standard InChI is InChI=1S/C10H15N3OS/c1-2-10(3-4-11-7-10)8(14)13-9-12-5-6-15-9/h5-6,11H,2-4,7H2,1H3,(H,12,13,14). The largest absolute Gasteiger partial charge is 0.316 e. The highest BCUT2D eigenvalue weighted by Crippen LogP contribution is 2.31. The third kappa shape index (κ3) is 2.03. The topological polar surface area (TPSA) is 54.0 Å². The van der Waals surface area contributed by atoms with Crippen molar-refractivity contribution in [2.24, 2.45) is 5.41 Å². The van der Waals surface area contributed by atoms with Gasteiger partial charge in [0.25, 0.3) is 0 Å². The van der Waals surface area contributed by atoms with E-state index in [-0.39, 0.29) is 11.3 Å². The molecular formula is C10H15N3OS. The molecule has 2 rings (SSSR count). The first-order valence-electron chi connectivity index (χ1n) is 5.18. The van der Waals surface area contributed by atoms with E-state index >= 15 is 0 Å². The summed E-state index contributed by atoms with van der Waals surface area (Å²) in [4.78, 5) is 16.1. The van der Waals surface area contributed by atoms with E-state index in [2.05, 4.69) is 22.5 Å². The van der Waals surface area contributed by atoms with Crippen LogP contribution in [0.5, 0.6) is 0 Å². The lowest BCUT2D eigenvalue weighted by Gasteiger charge is -2.24. The maximum Gasteiger partial charge on any atom is 0.233 e. The molecule has 0 saturated carbocycles. The molecule has 1 unspecified atom stereocenters. The summed E-state index contributed by atoms with van der Waals surface area (Å²) >= 11 is 1.46. The first kappa shape index (κ1) is 10.6. The summed E-state index contributed by atoms with van der Waals surface area (Å²) in [7, 11) is 0. The molecule has 0 aliphatic carbocycles. The maximum absolute atomic E-state index is 12.1. The summed E-state index contributed by atoms with van der Waals surface area (Å²) in [5, 5.41) is 8.69. The Labute approximate surface area is 93.1 Å². The molecule has 2 N–H and O–H groups in total. The molecule has 1 atom stereocenters. The number of hydrogen-bond donors (Lipinski definition) is 2. The molecule has 0 radical (unpaired) electrons. The molecule has 0 spiro atoms. The van der Waals surface area contributed by atoms with Crippen molar-refractivity contribution in [3.63, 3.8) is 0 Å². The Morgan fingerprint density at radius 3 is 3.20 bits per heavy atom. The fraction of sp³-hybridized carbons (Fsp3) is 0.600. The van der Waals surface area contributed by atoms with E-state index < -0.39 is 0 Å². The molecule has 1 amide bonds. The van der Waals surface area contributed by atoms with Crippen molar-refractivity contribution < 1.29 is 4.79 Å². The van der Waals surface area contributed by atoms with E-state index in [0.29, 0.717) is 5.13 Å². The van der Waals surface area contributed by atoms with Crippen molar-refractivity contribution in [3.05, 3.63) is 11.6 Å². The zero-order valence-electron chi connectivity index (χ0n) is 8.75. The lowest BCUT2D eigenvalue weighted by Crippen LogP contribution is -2.37. The number of hydrogen-bond acceptors (Lipinski definition) is 4. The van der Waals surface area contributed by atoms with Gasteiger partial charge in [-0.15, -0.1) is 11.3 Å². The van der Waals surface area contributed by atoms with Gasteiger partial charge < -0.3 is 10.6 Å². The number of nitrogens with zero attached hydrogens (tertiary/aromatic N) is 1. The van der Waals surface area contributed by atoms with Crippen molar-refractivity contribution >= 4 is 22.4 Å². The molecule has 15 heavy (non-hydrogen) atoms. The van der Waals surface area contributed by atoms with Gasteiger partial charge in [-0.1, -0.05) is 6.92 Å². The Bertz CT molecular complexity index is 330. The molecule has 1 aromatic heterocycles. The Morgan fingerprint density at radius 2 is 2.67 bits per heavy atom. The molecule has 0 bridgehead atoms. The van der Waals surface area contributed by atoms with Crippen LogP contribution in [0.2, 0.25) is 0 Å². The highest BCUT2D eigenvalue weighted by Gasteiger charge is 2.39.